The number of halogens is 1. The van der Waals surface area contributed by atoms with Crippen molar-refractivity contribution in [2.45, 2.75) is 19.1 Å². The Bertz CT molecular complexity index is 594. The van der Waals surface area contributed by atoms with E-state index in [1.54, 1.807) is 12.1 Å². The molecule has 0 fully saturated rings. The van der Waals surface area contributed by atoms with Crippen molar-refractivity contribution in [3.8, 4) is 0 Å². The van der Waals surface area contributed by atoms with Gasteiger partial charge in [0.2, 0.25) is 0 Å². The third kappa shape index (κ3) is 2.59. The Kier molecular flexibility index (Phi) is 3.54. The summed E-state index contributed by atoms with van der Waals surface area (Å²) in [6.45, 7) is 2.21. The molecule has 0 amide bonds. The van der Waals surface area contributed by atoms with Crippen LogP contribution in [0.4, 0.5) is 4.39 Å². The molecule has 0 saturated carbocycles. The second-order valence-electron chi connectivity index (χ2n) is 5.30. The largest absolute Gasteiger partial charge is 0.387 e. The van der Waals surface area contributed by atoms with Crippen LogP contribution in [0.15, 0.2) is 30.6 Å². The van der Waals surface area contributed by atoms with E-state index in [4.69, 9.17) is 0 Å². The Balaban J connectivity index is 1.66. The van der Waals surface area contributed by atoms with Crippen LogP contribution >= 0.6 is 0 Å². The fourth-order valence-corrected chi connectivity index (χ4v) is 2.70. The van der Waals surface area contributed by atoms with Gasteiger partial charge in [0.25, 0.3) is 0 Å². The van der Waals surface area contributed by atoms with E-state index in [9.17, 15) is 9.50 Å². The third-order valence-corrected chi connectivity index (χ3v) is 3.87. The second-order valence-corrected chi connectivity index (χ2v) is 5.30. The van der Waals surface area contributed by atoms with Gasteiger partial charge in [-0.05, 0) is 17.7 Å². The summed E-state index contributed by atoms with van der Waals surface area (Å²) in [5, 5.41) is 10.2. The van der Waals surface area contributed by atoms with Crippen molar-refractivity contribution < 1.29 is 9.50 Å². The van der Waals surface area contributed by atoms with Gasteiger partial charge in [0, 0.05) is 38.8 Å². The van der Waals surface area contributed by atoms with Crippen molar-refractivity contribution in [1.82, 2.24) is 14.5 Å². The topological polar surface area (TPSA) is 41.3 Å². The van der Waals surface area contributed by atoms with Crippen LogP contribution in [0.5, 0.6) is 0 Å². The molecule has 1 atom stereocenters. The maximum atomic E-state index is 12.9. The summed E-state index contributed by atoms with van der Waals surface area (Å²) in [6.07, 6.45) is 2.19. The van der Waals surface area contributed by atoms with Crippen LogP contribution in [-0.4, -0.2) is 32.6 Å². The number of hydrogen-bond acceptors (Lipinski definition) is 3. The number of aromatic nitrogens is 2. The highest BCUT2D eigenvalue weighted by Crippen LogP contribution is 2.21. The molecule has 5 heteroatoms. The van der Waals surface area contributed by atoms with Gasteiger partial charge in [-0.3, -0.25) is 4.90 Å². The minimum atomic E-state index is -0.596. The molecule has 1 aliphatic rings. The minimum Gasteiger partial charge on any atom is -0.387 e. The molecular weight excluding hydrogens is 257 g/mol. The highest BCUT2D eigenvalue weighted by Gasteiger charge is 2.22. The molecule has 1 N–H and O–H groups in total. The zero-order valence-corrected chi connectivity index (χ0v) is 11.5. The molecule has 4 nitrogen and oxygen atoms in total. The molecule has 0 bridgehead atoms. The second kappa shape index (κ2) is 5.34. The molecule has 0 aliphatic carbocycles. The highest BCUT2D eigenvalue weighted by atomic mass is 19.1. The Morgan fingerprint density at radius 1 is 1.35 bits per heavy atom. The lowest BCUT2D eigenvalue weighted by Crippen LogP contribution is -2.34. The van der Waals surface area contributed by atoms with E-state index >= 15 is 0 Å². The predicted molar refractivity (Wildman–Crippen MR) is 73.5 cm³/mol. The highest BCUT2D eigenvalue weighted by molar-refractivity contribution is 5.20. The van der Waals surface area contributed by atoms with Crippen LogP contribution in [0.1, 0.15) is 23.1 Å². The Morgan fingerprint density at radius 3 is 2.85 bits per heavy atom. The summed E-state index contributed by atoms with van der Waals surface area (Å²) in [6, 6.07) is 6.03. The van der Waals surface area contributed by atoms with Crippen molar-refractivity contribution in [3.63, 3.8) is 0 Å². The van der Waals surface area contributed by atoms with Gasteiger partial charge in [-0.2, -0.15) is 0 Å². The molecule has 20 heavy (non-hydrogen) atoms. The molecule has 1 unspecified atom stereocenters. The van der Waals surface area contributed by atoms with Gasteiger partial charge in [0.1, 0.15) is 5.82 Å². The van der Waals surface area contributed by atoms with E-state index < -0.39 is 6.10 Å². The number of rotatable bonds is 3. The van der Waals surface area contributed by atoms with Crippen molar-refractivity contribution >= 4 is 0 Å². The standard InChI is InChI=1S/C15H18FN3O/c1-18-10-17-13-8-19(7-6-14(13)18)9-15(20)11-2-4-12(16)5-3-11/h2-5,10,15,20H,6-9H2,1H3. The number of hydrogen-bond donors (Lipinski definition) is 1. The summed E-state index contributed by atoms with van der Waals surface area (Å²) in [5.41, 5.74) is 3.11. The third-order valence-electron chi connectivity index (χ3n) is 3.87. The summed E-state index contributed by atoms with van der Waals surface area (Å²) in [4.78, 5) is 6.57. The average Bonchev–Trinajstić information content (AvgIpc) is 2.81. The smallest absolute Gasteiger partial charge is 0.123 e. The van der Waals surface area contributed by atoms with Gasteiger partial charge in [0.05, 0.1) is 18.1 Å². The zero-order chi connectivity index (χ0) is 14.1. The molecule has 2 heterocycles. The number of aryl methyl sites for hydroxylation is 1. The number of imidazole rings is 1. The average molecular weight is 275 g/mol. The van der Waals surface area contributed by atoms with Crippen molar-refractivity contribution in [2.24, 2.45) is 7.05 Å². The summed E-state index contributed by atoms with van der Waals surface area (Å²) in [7, 11) is 2.01. The summed E-state index contributed by atoms with van der Waals surface area (Å²) >= 11 is 0. The number of fused-ring (bicyclic) bond motifs is 1. The molecular formula is C15H18FN3O. The number of benzene rings is 1. The van der Waals surface area contributed by atoms with Crippen LogP contribution in [0, 0.1) is 5.82 Å². The molecule has 1 aliphatic heterocycles. The quantitative estimate of drug-likeness (QED) is 0.926. The molecule has 0 spiro atoms. The molecule has 1 aromatic carbocycles. The molecule has 0 saturated heterocycles. The summed E-state index contributed by atoms with van der Waals surface area (Å²) < 4.78 is 14.9. The fraction of sp³-hybridized carbons (Fsp3) is 0.400. The SMILES string of the molecule is Cn1cnc2c1CCN(CC(O)c1ccc(F)cc1)C2. The lowest BCUT2D eigenvalue weighted by Gasteiger charge is -2.28. The first-order valence-corrected chi connectivity index (χ1v) is 6.78. The van der Waals surface area contributed by atoms with Crippen molar-refractivity contribution in [2.75, 3.05) is 13.1 Å². The van der Waals surface area contributed by atoms with Crippen LogP contribution < -0.4 is 0 Å². The lowest BCUT2D eigenvalue weighted by molar-refractivity contribution is 0.104. The normalized spacial score (nSPS) is 16.9. The number of β-amino-alcohol motifs (C(OH)–C–C–N with tert-alkyl or cyclic N) is 1. The van der Waals surface area contributed by atoms with Crippen LogP contribution in [0.3, 0.4) is 0 Å². The number of aliphatic hydroxyl groups is 1. The fourth-order valence-electron chi connectivity index (χ4n) is 2.70. The zero-order valence-electron chi connectivity index (χ0n) is 11.5. The van der Waals surface area contributed by atoms with E-state index in [2.05, 4.69) is 14.5 Å². The molecule has 2 aromatic rings. The van der Waals surface area contributed by atoms with E-state index in [1.165, 1.54) is 17.8 Å². The molecule has 1 aromatic heterocycles. The van der Waals surface area contributed by atoms with E-state index in [1.807, 2.05) is 13.4 Å². The maximum absolute atomic E-state index is 12.9. The van der Waals surface area contributed by atoms with Crippen molar-refractivity contribution in [3.05, 3.63) is 53.4 Å². The van der Waals surface area contributed by atoms with Gasteiger partial charge in [0.15, 0.2) is 0 Å². The first-order chi connectivity index (χ1) is 9.63. The molecule has 3 rings (SSSR count). The minimum absolute atomic E-state index is 0.281. The molecule has 0 radical (unpaired) electrons. The van der Waals surface area contributed by atoms with Gasteiger partial charge in [-0.25, -0.2) is 9.37 Å². The van der Waals surface area contributed by atoms with Crippen LogP contribution in [0.25, 0.3) is 0 Å². The number of aliphatic hydroxyl groups excluding tert-OH is 1. The van der Waals surface area contributed by atoms with Gasteiger partial charge < -0.3 is 9.67 Å². The number of nitrogens with zero attached hydrogens (tertiary/aromatic N) is 3. The van der Waals surface area contributed by atoms with Crippen LogP contribution in [-0.2, 0) is 20.0 Å². The van der Waals surface area contributed by atoms with E-state index in [-0.39, 0.29) is 5.82 Å². The first kappa shape index (κ1) is 13.3. The summed E-state index contributed by atoms with van der Waals surface area (Å²) in [5.74, 6) is -0.281. The van der Waals surface area contributed by atoms with Gasteiger partial charge in [-0.1, -0.05) is 12.1 Å². The van der Waals surface area contributed by atoms with Crippen molar-refractivity contribution in [1.29, 1.82) is 0 Å². The van der Waals surface area contributed by atoms with E-state index in [0.717, 1.165) is 30.8 Å². The van der Waals surface area contributed by atoms with Gasteiger partial charge >= 0.3 is 0 Å². The van der Waals surface area contributed by atoms with Crippen LogP contribution in [0.2, 0.25) is 0 Å². The Morgan fingerprint density at radius 2 is 2.10 bits per heavy atom. The lowest BCUT2D eigenvalue weighted by atomic mass is 10.1. The monoisotopic (exact) mass is 275 g/mol. The predicted octanol–water partition coefficient (Wildman–Crippen LogP) is 1.65. The Hall–Kier alpha value is -1.72. The maximum Gasteiger partial charge on any atom is 0.123 e. The Labute approximate surface area is 117 Å². The first-order valence-electron chi connectivity index (χ1n) is 6.78. The van der Waals surface area contributed by atoms with Gasteiger partial charge in [-0.15, -0.1) is 0 Å². The molecule has 106 valence electrons. The van der Waals surface area contributed by atoms with E-state index in [0.29, 0.717) is 6.54 Å².